The van der Waals surface area contributed by atoms with Gasteiger partial charge in [-0.1, -0.05) is 31.0 Å². The van der Waals surface area contributed by atoms with Crippen molar-refractivity contribution in [2.45, 2.75) is 49.1 Å². The number of benzene rings is 1. The second-order valence-electron chi connectivity index (χ2n) is 7.19. The molecule has 0 amide bonds. The zero-order chi connectivity index (χ0) is 18.4. The van der Waals surface area contributed by atoms with Gasteiger partial charge in [-0.2, -0.15) is 0 Å². The molecule has 1 aliphatic heterocycles. The highest BCUT2D eigenvalue weighted by Crippen LogP contribution is 2.26. The molecule has 1 unspecified atom stereocenters. The fourth-order valence-electron chi connectivity index (χ4n) is 3.94. The highest BCUT2D eigenvalue weighted by Gasteiger charge is 2.30. The van der Waals surface area contributed by atoms with E-state index >= 15 is 0 Å². The summed E-state index contributed by atoms with van der Waals surface area (Å²) in [6.07, 6.45) is 6.49. The lowest BCUT2D eigenvalue weighted by atomic mass is 10.2. The van der Waals surface area contributed by atoms with Crippen LogP contribution in [-0.2, 0) is 9.84 Å². The number of likely N-dealkylation sites (tertiary alicyclic amines) is 1. The number of hydrogen-bond acceptors (Lipinski definition) is 4. The lowest BCUT2D eigenvalue weighted by Crippen LogP contribution is -2.46. The van der Waals surface area contributed by atoms with Crippen LogP contribution in [-0.4, -0.2) is 63.8 Å². The maximum absolute atomic E-state index is 12.3. The van der Waals surface area contributed by atoms with Crippen LogP contribution in [0.4, 0.5) is 0 Å². The molecule has 1 heterocycles. The maximum atomic E-state index is 12.3. The molecular weight excluding hydrogens is 348 g/mol. The normalized spacial score (nSPS) is 22.7. The third-order valence-electron chi connectivity index (χ3n) is 5.39. The zero-order valence-corrected chi connectivity index (χ0v) is 16.3. The largest absolute Gasteiger partial charge is 0.355 e. The third kappa shape index (κ3) is 4.98. The average molecular weight is 379 g/mol. The fourth-order valence-corrected chi connectivity index (χ4v) is 5.12. The van der Waals surface area contributed by atoms with Gasteiger partial charge >= 0.3 is 0 Å². The molecule has 1 aromatic rings. The Balaban J connectivity index is 1.44. The summed E-state index contributed by atoms with van der Waals surface area (Å²) in [6, 6.07) is 9.73. The van der Waals surface area contributed by atoms with E-state index in [1.165, 1.54) is 25.7 Å². The second-order valence-corrected chi connectivity index (χ2v) is 9.30. The molecule has 1 saturated heterocycles. The number of guanidine groups is 1. The minimum absolute atomic E-state index is 0.0522. The fraction of sp³-hybridized carbons (Fsp3) is 0.632. The predicted molar refractivity (Wildman–Crippen MR) is 105 cm³/mol. The molecule has 2 N–H and O–H groups in total. The van der Waals surface area contributed by atoms with E-state index in [0.29, 0.717) is 23.4 Å². The van der Waals surface area contributed by atoms with Crippen LogP contribution in [0.15, 0.2) is 40.2 Å². The summed E-state index contributed by atoms with van der Waals surface area (Å²) >= 11 is 0. The molecule has 26 heavy (non-hydrogen) atoms. The predicted octanol–water partition coefficient (Wildman–Crippen LogP) is 1.64. The molecule has 0 radical (unpaired) electrons. The molecule has 1 atom stereocenters. The van der Waals surface area contributed by atoms with Crippen molar-refractivity contribution in [3.05, 3.63) is 30.3 Å². The van der Waals surface area contributed by atoms with Gasteiger partial charge in [0.2, 0.25) is 0 Å². The van der Waals surface area contributed by atoms with Crippen LogP contribution in [0.1, 0.15) is 32.1 Å². The van der Waals surface area contributed by atoms with Crippen molar-refractivity contribution in [3.63, 3.8) is 0 Å². The van der Waals surface area contributed by atoms with Crippen LogP contribution in [0, 0.1) is 0 Å². The van der Waals surface area contributed by atoms with E-state index in [-0.39, 0.29) is 5.75 Å². The molecule has 0 bridgehead atoms. The first-order chi connectivity index (χ1) is 12.6. The first kappa shape index (κ1) is 19.2. The van der Waals surface area contributed by atoms with Crippen molar-refractivity contribution in [1.29, 1.82) is 0 Å². The van der Waals surface area contributed by atoms with E-state index in [1.54, 1.807) is 31.3 Å². The zero-order valence-electron chi connectivity index (χ0n) is 15.5. The quantitative estimate of drug-likeness (QED) is 0.582. The Kier molecular flexibility index (Phi) is 6.53. The van der Waals surface area contributed by atoms with Crippen molar-refractivity contribution in [2.75, 3.05) is 32.4 Å². The van der Waals surface area contributed by atoms with Gasteiger partial charge in [-0.15, -0.1) is 0 Å². The van der Waals surface area contributed by atoms with E-state index in [1.807, 2.05) is 6.07 Å². The SMILES string of the molecule is CN=C(NCCS(=O)(=O)c1ccccc1)NC1CCN(C2CCCC2)C1. The molecule has 0 spiro atoms. The number of nitrogens with one attached hydrogen (secondary N) is 2. The molecule has 7 heteroatoms. The maximum Gasteiger partial charge on any atom is 0.191 e. The average Bonchev–Trinajstić information content (AvgIpc) is 3.33. The first-order valence-electron chi connectivity index (χ1n) is 9.57. The summed E-state index contributed by atoms with van der Waals surface area (Å²) in [4.78, 5) is 7.21. The highest BCUT2D eigenvalue weighted by atomic mass is 32.2. The van der Waals surface area contributed by atoms with E-state index in [0.717, 1.165) is 25.6 Å². The molecule has 2 fully saturated rings. The van der Waals surface area contributed by atoms with Gasteiger partial charge in [-0.3, -0.25) is 9.89 Å². The topological polar surface area (TPSA) is 73.8 Å². The van der Waals surface area contributed by atoms with Crippen molar-refractivity contribution in [1.82, 2.24) is 15.5 Å². The van der Waals surface area contributed by atoms with Gasteiger partial charge < -0.3 is 10.6 Å². The van der Waals surface area contributed by atoms with E-state index in [4.69, 9.17) is 0 Å². The van der Waals surface area contributed by atoms with Crippen LogP contribution in [0.25, 0.3) is 0 Å². The third-order valence-corrected chi connectivity index (χ3v) is 7.12. The van der Waals surface area contributed by atoms with Gasteiger partial charge in [0.1, 0.15) is 0 Å². The van der Waals surface area contributed by atoms with Crippen molar-refractivity contribution >= 4 is 15.8 Å². The van der Waals surface area contributed by atoms with Crippen molar-refractivity contribution in [2.24, 2.45) is 4.99 Å². The first-order valence-corrected chi connectivity index (χ1v) is 11.2. The molecule has 1 aromatic carbocycles. The summed E-state index contributed by atoms with van der Waals surface area (Å²) in [7, 11) is -1.54. The molecule has 6 nitrogen and oxygen atoms in total. The van der Waals surface area contributed by atoms with Crippen LogP contribution >= 0.6 is 0 Å². The summed E-state index contributed by atoms with van der Waals surface area (Å²) in [5.41, 5.74) is 0. The van der Waals surface area contributed by atoms with E-state index in [2.05, 4.69) is 20.5 Å². The number of sulfone groups is 1. The van der Waals surface area contributed by atoms with Crippen LogP contribution in [0.2, 0.25) is 0 Å². The Bertz CT molecular complexity index is 700. The summed E-state index contributed by atoms with van der Waals surface area (Å²) in [5.74, 6) is 0.739. The molecular formula is C19H30N4O2S. The van der Waals surface area contributed by atoms with Gasteiger partial charge in [0.05, 0.1) is 10.6 Å². The van der Waals surface area contributed by atoms with Crippen molar-refractivity contribution < 1.29 is 8.42 Å². The number of nitrogens with zero attached hydrogens (tertiary/aromatic N) is 2. The smallest absolute Gasteiger partial charge is 0.191 e. The minimum atomic E-state index is -3.26. The van der Waals surface area contributed by atoms with Gasteiger partial charge in [0, 0.05) is 38.8 Å². The Morgan fingerprint density at radius 2 is 1.92 bits per heavy atom. The lowest BCUT2D eigenvalue weighted by molar-refractivity contribution is 0.242. The lowest BCUT2D eigenvalue weighted by Gasteiger charge is -2.24. The van der Waals surface area contributed by atoms with Crippen molar-refractivity contribution in [3.8, 4) is 0 Å². The van der Waals surface area contributed by atoms with Crippen LogP contribution in [0.3, 0.4) is 0 Å². The second kappa shape index (κ2) is 8.86. The molecule has 3 rings (SSSR count). The molecule has 144 valence electrons. The Hall–Kier alpha value is -1.60. The highest BCUT2D eigenvalue weighted by molar-refractivity contribution is 7.91. The van der Waals surface area contributed by atoms with Crippen LogP contribution < -0.4 is 10.6 Å². The van der Waals surface area contributed by atoms with Crippen LogP contribution in [0.5, 0.6) is 0 Å². The molecule has 1 saturated carbocycles. The number of rotatable bonds is 6. The van der Waals surface area contributed by atoms with Gasteiger partial charge in [0.15, 0.2) is 15.8 Å². The Morgan fingerprint density at radius 1 is 1.19 bits per heavy atom. The Morgan fingerprint density at radius 3 is 2.62 bits per heavy atom. The summed E-state index contributed by atoms with van der Waals surface area (Å²) < 4.78 is 24.7. The van der Waals surface area contributed by atoms with Gasteiger partial charge in [-0.25, -0.2) is 8.42 Å². The summed E-state index contributed by atoms with van der Waals surface area (Å²) in [5, 5.41) is 6.60. The summed E-state index contributed by atoms with van der Waals surface area (Å²) in [6.45, 7) is 2.53. The number of hydrogen-bond donors (Lipinski definition) is 2. The number of aliphatic imine (C=N–C) groups is 1. The van der Waals surface area contributed by atoms with Gasteiger partial charge in [-0.05, 0) is 31.4 Å². The monoisotopic (exact) mass is 378 g/mol. The minimum Gasteiger partial charge on any atom is -0.355 e. The van der Waals surface area contributed by atoms with E-state index < -0.39 is 9.84 Å². The van der Waals surface area contributed by atoms with Gasteiger partial charge in [0.25, 0.3) is 0 Å². The standard InChI is InChI=1S/C19H30N4O2S/c1-20-19(21-12-14-26(24,25)18-9-3-2-4-10-18)22-16-11-13-23(15-16)17-7-5-6-8-17/h2-4,9-10,16-17H,5-8,11-15H2,1H3,(H2,20,21,22). The molecule has 1 aliphatic carbocycles. The van der Waals surface area contributed by atoms with E-state index in [9.17, 15) is 8.42 Å². The Labute approximate surface area is 157 Å². The molecule has 2 aliphatic rings. The molecule has 0 aromatic heterocycles.